The molecule has 20 heavy (non-hydrogen) atoms. The average molecular weight is 277 g/mol. The summed E-state index contributed by atoms with van der Waals surface area (Å²) in [4.78, 5) is 31.0. The van der Waals surface area contributed by atoms with Crippen LogP contribution in [0.1, 0.15) is 32.6 Å². The van der Waals surface area contributed by atoms with Crippen molar-refractivity contribution in [3.05, 3.63) is 12.0 Å². The van der Waals surface area contributed by atoms with Crippen LogP contribution in [-0.2, 0) is 10.2 Å². The highest BCUT2D eigenvalue weighted by Gasteiger charge is 2.54. The van der Waals surface area contributed by atoms with Crippen LogP contribution in [0, 0.1) is 0 Å². The third-order valence-corrected chi connectivity index (χ3v) is 3.63. The molecule has 7 nitrogen and oxygen atoms in total. The van der Waals surface area contributed by atoms with E-state index in [4.69, 9.17) is 4.42 Å². The summed E-state index contributed by atoms with van der Waals surface area (Å²) < 4.78 is 7.41. The molecule has 0 radical (unpaired) electrons. The van der Waals surface area contributed by atoms with Crippen molar-refractivity contribution in [3.8, 4) is 0 Å². The van der Waals surface area contributed by atoms with Gasteiger partial charge in [0.1, 0.15) is 6.20 Å². The summed E-state index contributed by atoms with van der Waals surface area (Å²) >= 11 is 0. The van der Waals surface area contributed by atoms with E-state index < -0.39 is 6.04 Å². The number of carbonyl (C=O) groups excluding carboxylic acids is 2. The zero-order chi connectivity index (χ0) is 14.8. The standard InChI is InChI=1S/C13H17N4O3/c1-13(2,3)7-6-17-8-9(14-11(17)20-7)15(4)12(19)16(5)10(8)18/h6,8H,1-5H3/q+1. The van der Waals surface area contributed by atoms with Gasteiger partial charge in [0.15, 0.2) is 5.76 Å². The fourth-order valence-electron chi connectivity index (χ4n) is 2.34. The number of carbonyl (C=O) groups is 2. The van der Waals surface area contributed by atoms with Crippen molar-refractivity contribution in [2.24, 2.45) is 4.99 Å². The predicted octanol–water partition coefficient (Wildman–Crippen LogP) is 0.973. The summed E-state index contributed by atoms with van der Waals surface area (Å²) in [6.07, 6.45) is 1.80. The van der Waals surface area contributed by atoms with Gasteiger partial charge in [-0.15, -0.1) is 0 Å². The molecular formula is C13H17N4O3+. The Balaban J connectivity index is 2.11. The molecule has 0 aromatic carbocycles. The highest BCUT2D eigenvalue weighted by molar-refractivity contribution is 6.18. The fourth-order valence-corrected chi connectivity index (χ4v) is 2.34. The molecule has 1 saturated heterocycles. The number of imide groups is 1. The molecule has 3 amide bonds. The largest absolute Gasteiger partial charge is 0.506 e. The minimum absolute atomic E-state index is 0.168. The number of amidine groups is 1. The highest BCUT2D eigenvalue weighted by atomic mass is 16.4. The van der Waals surface area contributed by atoms with Gasteiger partial charge in [0.25, 0.3) is 17.8 Å². The zero-order valence-electron chi connectivity index (χ0n) is 12.2. The SMILES string of the molecule is CN1C(=O)C2C(=Nc3oc(C(C)(C)C)c[n+]32)N(C)C1=O. The number of nitrogens with zero attached hydrogens (tertiary/aromatic N) is 4. The Bertz CT molecular complexity index is 653. The van der Waals surface area contributed by atoms with Gasteiger partial charge in [0.2, 0.25) is 0 Å². The Morgan fingerprint density at radius 2 is 1.90 bits per heavy atom. The quantitative estimate of drug-likeness (QED) is 0.663. The van der Waals surface area contributed by atoms with E-state index in [0.29, 0.717) is 11.9 Å². The number of hydrogen-bond donors (Lipinski definition) is 0. The first-order valence-electron chi connectivity index (χ1n) is 6.41. The molecule has 106 valence electrons. The lowest BCUT2D eigenvalue weighted by molar-refractivity contribution is -0.679. The van der Waals surface area contributed by atoms with E-state index in [1.807, 2.05) is 20.8 Å². The normalized spacial score (nSPS) is 22.1. The number of hydrogen-bond acceptors (Lipinski definition) is 4. The number of oxazole rings is 1. The average Bonchev–Trinajstić information content (AvgIpc) is 2.90. The first-order chi connectivity index (χ1) is 9.21. The molecule has 2 aliphatic heterocycles. The van der Waals surface area contributed by atoms with Crippen molar-refractivity contribution in [2.45, 2.75) is 32.2 Å². The maximum Gasteiger partial charge on any atom is 0.506 e. The predicted molar refractivity (Wildman–Crippen MR) is 69.7 cm³/mol. The van der Waals surface area contributed by atoms with Crippen molar-refractivity contribution in [3.63, 3.8) is 0 Å². The highest BCUT2D eigenvalue weighted by Crippen LogP contribution is 2.32. The molecule has 1 atom stereocenters. The third-order valence-electron chi connectivity index (χ3n) is 3.63. The van der Waals surface area contributed by atoms with Gasteiger partial charge < -0.3 is 4.42 Å². The molecule has 0 saturated carbocycles. The number of rotatable bonds is 0. The molecule has 1 unspecified atom stereocenters. The molecule has 0 bridgehead atoms. The van der Waals surface area contributed by atoms with Crippen LogP contribution in [-0.4, -0.2) is 41.7 Å². The summed E-state index contributed by atoms with van der Waals surface area (Å²) in [6.45, 7) is 6.07. The maximum atomic E-state index is 12.3. The minimum Gasteiger partial charge on any atom is -0.389 e. The summed E-state index contributed by atoms with van der Waals surface area (Å²) in [5, 5.41) is 0. The van der Waals surface area contributed by atoms with Crippen molar-refractivity contribution >= 4 is 23.8 Å². The fraction of sp³-hybridized carbons (Fsp3) is 0.538. The van der Waals surface area contributed by atoms with E-state index in [0.717, 1.165) is 10.7 Å². The monoisotopic (exact) mass is 277 g/mol. The molecule has 1 fully saturated rings. The Hall–Kier alpha value is -2.18. The Morgan fingerprint density at radius 1 is 1.25 bits per heavy atom. The lowest BCUT2D eigenvalue weighted by Gasteiger charge is -2.29. The first kappa shape index (κ1) is 12.8. The van der Waals surface area contributed by atoms with Crippen LogP contribution in [0.25, 0.3) is 0 Å². The maximum absolute atomic E-state index is 12.3. The van der Waals surface area contributed by atoms with Gasteiger partial charge in [-0.25, -0.2) is 4.79 Å². The van der Waals surface area contributed by atoms with Gasteiger partial charge >= 0.3 is 12.0 Å². The van der Waals surface area contributed by atoms with Gasteiger partial charge in [0, 0.05) is 24.5 Å². The summed E-state index contributed by atoms with van der Waals surface area (Å²) in [6, 6.07) is -0.637. The summed E-state index contributed by atoms with van der Waals surface area (Å²) in [5.74, 6) is 0.875. The van der Waals surface area contributed by atoms with E-state index in [1.165, 1.54) is 11.9 Å². The van der Waals surface area contributed by atoms with Gasteiger partial charge in [-0.2, -0.15) is 4.57 Å². The molecule has 0 aliphatic carbocycles. The van der Waals surface area contributed by atoms with Gasteiger partial charge in [-0.05, 0) is 0 Å². The van der Waals surface area contributed by atoms with Gasteiger partial charge in [0.05, 0.1) is 0 Å². The van der Waals surface area contributed by atoms with Crippen LogP contribution in [0.5, 0.6) is 0 Å². The second-order valence-electron chi connectivity index (χ2n) is 6.15. The number of aromatic nitrogens is 1. The molecule has 3 heterocycles. The van der Waals surface area contributed by atoms with Crippen molar-refractivity contribution in [2.75, 3.05) is 14.1 Å². The Kier molecular flexibility index (Phi) is 2.36. The number of aliphatic imine (C=N–C) groups is 1. The van der Waals surface area contributed by atoms with E-state index in [2.05, 4.69) is 4.99 Å². The second kappa shape index (κ2) is 3.68. The summed E-state index contributed by atoms with van der Waals surface area (Å²) in [5.41, 5.74) is -0.168. The Labute approximate surface area is 116 Å². The number of likely N-dealkylation sites (N-methyl/N-ethyl adjacent to an activating group) is 2. The lowest BCUT2D eigenvalue weighted by atomic mass is 9.94. The minimum atomic E-state index is -0.613. The van der Waals surface area contributed by atoms with E-state index in [-0.39, 0.29) is 17.4 Å². The molecule has 3 rings (SSSR count). The third kappa shape index (κ3) is 1.52. The molecule has 0 spiro atoms. The van der Waals surface area contributed by atoms with Gasteiger partial charge in [-0.3, -0.25) is 14.6 Å². The Morgan fingerprint density at radius 3 is 2.50 bits per heavy atom. The number of urea groups is 1. The summed E-state index contributed by atoms with van der Waals surface area (Å²) in [7, 11) is 3.08. The molecule has 2 aliphatic rings. The van der Waals surface area contributed by atoms with Crippen molar-refractivity contribution in [1.82, 2.24) is 9.80 Å². The topological polar surface area (TPSA) is 70.0 Å². The van der Waals surface area contributed by atoms with Crippen LogP contribution in [0.2, 0.25) is 0 Å². The van der Waals surface area contributed by atoms with Crippen molar-refractivity contribution < 1.29 is 18.6 Å². The van der Waals surface area contributed by atoms with E-state index in [9.17, 15) is 9.59 Å². The van der Waals surface area contributed by atoms with Crippen LogP contribution in [0.3, 0.4) is 0 Å². The first-order valence-corrected chi connectivity index (χ1v) is 6.41. The molecule has 7 heteroatoms. The van der Waals surface area contributed by atoms with E-state index >= 15 is 0 Å². The number of amides is 3. The lowest BCUT2D eigenvalue weighted by Crippen LogP contribution is -2.61. The van der Waals surface area contributed by atoms with Crippen LogP contribution >= 0.6 is 0 Å². The smallest absolute Gasteiger partial charge is 0.389 e. The zero-order valence-corrected chi connectivity index (χ0v) is 12.2. The van der Waals surface area contributed by atoms with E-state index in [1.54, 1.807) is 17.8 Å². The van der Waals surface area contributed by atoms with Crippen molar-refractivity contribution in [1.29, 1.82) is 0 Å². The van der Waals surface area contributed by atoms with Crippen LogP contribution in [0.15, 0.2) is 15.6 Å². The number of fused-ring (bicyclic) bond motifs is 3. The second-order valence-corrected chi connectivity index (χ2v) is 6.15. The van der Waals surface area contributed by atoms with Crippen LogP contribution in [0.4, 0.5) is 10.8 Å². The molecule has 1 aromatic heterocycles. The van der Waals surface area contributed by atoms with Gasteiger partial charge in [-0.1, -0.05) is 20.8 Å². The molecule has 1 aromatic rings. The van der Waals surface area contributed by atoms with Crippen LogP contribution < -0.4 is 4.57 Å². The molecule has 0 N–H and O–H groups in total. The molecular weight excluding hydrogens is 260 g/mol.